The van der Waals surface area contributed by atoms with Crippen LogP contribution in [-0.4, -0.2) is 41.0 Å². The van der Waals surface area contributed by atoms with Gasteiger partial charge in [-0.25, -0.2) is 4.52 Å². The van der Waals surface area contributed by atoms with E-state index in [2.05, 4.69) is 42.2 Å². The van der Waals surface area contributed by atoms with Crippen molar-refractivity contribution in [2.24, 2.45) is 0 Å². The lowest BCUT2D eigenvalue weighted by atomic mass is 10.1. The number of fused-ring (bicyclic) bond motifs is 1. The Morgan fingerprint density at radius 1 is 0.968 bits per heavy atom. The molecule has 4 N–H and O–H groups in total. The molecule has 4 aromatic rings. The molecular formula is C22H27N9. The Kier molecular flexibility index (Phi) is 4.58. The Balaban J connectivity index is 1.23. The number of rotatable bonds is 6. The quantitative estimate of drug-likeness (QED) is 0.341. The van der Waals surface area contributed by atoms with Crippen molar-refractivity contribution in [2.75, 3.05) is 10.6 Å². The van der Waals surface area contributed by atoms with E-state index in [0.29, 0.717) is 23.7 Å². The zero-order chi connectivity index (χ0) is 20.6. The van der Waals surface area contributed by atoms with E-state index in [1.165, 1.54) is 57.1 Å². The summed E-state index contributed by atoms with van der Waals surface area (Å²) in [6.45, 7) is 0. The Hall–Kier alpha value is -3.36. The lowest BCUT2D eigenvalue weighted by Crippen LogP contribution is -2.20. The van der Waals surface area contributed by atoms with Gasteiger partial charge in [-0.15, -0.1) is 5.10 Å². The Morgan fingerprint density at radius 2 is 1.84 bits per heavy atom. The molecule has 0 aromatic carbocycles. The van der Waals surface area contributed by atoms with Crippen LogP contribution in [0.5, 0.6) is 0 Å². The zero-order valence-corrected chi connectivity index (χ0v) is 17.4. The number of nitrogens with one attached hydrogen (secondary N) is 4. The minimum atomic E-state index is 0.460. The number of aromatic nitrogens is 7. The molecule has 6 rings (SSSR count). The monoisotopic (exact) mass is 417 g/mol. The van der Waals surface area contributed by atoms with Crippen LogP contribution in [0, 0.1) is 0 Å². The molecule has 2 aliphatic carbocycles. The first kappa shape index (κ1) is 18.4. The lowest BCUT2D eigenvalue weighted by Gasteiger charge is -2.18. The Bertz CT molecular complexity index is 1170. The maximum Gasteiger partial charge on any atom is 0.248 e. The van der Waals surface area contributed by atoms with E-state index < -0.39 is 0 Å². The molecule has 0 unspecified atom stereocenters. The van der Waals surface area contributed by atoms with Gasteiger partial charge >= 0.3 is 0 Å². The highest BCUT2D eigenvalue weighted by molar-refractivity contribution is 5.70. The SMILES string of the molecule is c1cc2c(NC3CCCCCC3)nc(Nc3cc(-c4cc(C5CC5)[nH]n4)[nH]n3)nn2c1. The van der Waals surface area contributed by atoms with Crippen LogP contribution in [-0.2, 0) is 0 Å². The second kappa shape index (κ2) is 7.72. The molecule has 0 saturated heterocycles. The second-order valence-electron chi connectivity index (χ2n) is 8.73. The lowest BCUT2D eigenvalue weighted by molar-refractivity contribution is 0.617. The smallest absolute Gasteiger partial charge is 0.248 e. The molecule has 0 bridgehead atoms. The minimum absolute atomic E-state index is 0.460. The van der Waals surface area contributed by atoms with E-state index in [1.54, 1.807) is 0 Å². The van der Waals surface area contributed by atoms with Gasteiger partial charge < -0.3 is 10.6 Å². The third-order valence-corrected chi connectivity index (χ3v) is 6.30. The van der Waals surface area contributed by atoms with Gasteiger partial charge in [0.15, 0.2) is 11.6 Å². The number of hydrogen-bond donors (Lipinski definition) is 4. The normalized spacial score (nSPS) is 17.7. The Labute approximate surface area is 180 Å². The van der Waals surface area contributed by atoms with Crippen molar-refractivity contribution in [2.45, 2.75) is 63.3 Å². The van der Waals surface area contributed by atoms with E-state index in [4.69, 9.17) is 4.98 Å². The first-order valence-electron chi connectivity index (χ1n) is 11.3. The van der Waals surface area contributed by atoms with Crippen LogP contribution in [0.1, 0.15) is 63.0 Å². The topological polar surface area (TPSA) is 112 Å². The van der Waals surface area contributed by atoms with Crippen LogP contribution >= 0.6 is 0 Å². The van der Waals surface area contributed by atoms with Crippen LogP contribution in [0.25, 0.3) is 16.9 Å². The summed E-state index contributed by atoms with van der Waals surface area (Å²) in [5.74, 6) is 2.69. The van der Waals surface area contributed by atoms with Crippen molar-refractivity contribution in [3.8, 4) is 11.4 Å². The molecule has 0 aliphatic heterocycles. The van der Waals surface area contributed by atoms with Crippen molar-refractivity contribution in [3.63, 3.8) is 0 Å². The van der Waals surface area contributed by atoms with Gasteiger partial charge in [-0.05, 0) is 43.9 Å². The van der Waals surface area contributed by atoms with Crippen molar-refractivity contribution < 1.29 is 0 Å². The van der Waals surface area contributed by atoms with E-state index in [9.17, 15) is 0 Å². The molecule has 31 heavy (non-hydrogen) atoms. The molecule has 0 atom stereocenters. The standard InChI is InChI=1S/C22H27N9/c1-2-4-7-15(6-3-1)23-21-19-8-5-11-31(19)30-22(25-21)24-20-13-18(28-29-20)17-12-16(26-27-17)14-9-10-14/h5,8,11-15H,1-4,6-7,9-10H2,(H,26,27)(H3,23,24,25,28,29,30). The molecule has 9 heteroatoms. The maximum absolute atomic E-state index is 4.78. The van der Waals surface area contributed by atoms with E-state index in [1.807, 2.05) is 28.9 Å². The second-order valence-corrected chi connectivity index (χ2v) is 8.73. The molecular weight excluding hydrogens is 390 g/mol. The molecule has 4 heterocycles. The molecule has 0 spiro atoms. The van der Waals surface area contributed by atoms with Crippen LogP contribution < -0.4 is 10.6 Å². The number of hydrogen-bond acceptors (Lipinski definition) is 6. The fourth-order valence-corrected chi connectivity index (χ4v) is 4.42. The first-order valence-corrected chi connectivity index (χ1v) is 11.3. The highest BCUT2D eigenvalue weighted by atomic mass is 15.3. The maximum atomic E-state index is 4.78. The number of anilines is 3. The summed E-state index contributed by atoms with van der Waals surface area (Å²) in [6, 6.07) is 8.54. The average molecular weight is 418 g/mol. The van der Waals surface area contributed by atoms with Gasteiger partial charge in [0.05, 0.1) is 5.69 Å². The minimum Gasteiger partial charge on any atom is -0.365 e. The summed E-state index contributed by atoms with van der Waals surface area (Å²) in [4.78, 5) is 4.78. The number of nitrogens with zero attached hydrogens (tertiary/aromatic N) is 5. The molecule has 2 fully saturated rings. The van der Waals surface area contributed by atoms with Gasteiger partial charge in [0.25, 0.3) is 0 Å². The molecule has 2 saturated carbocycles. The third kappa shape index (κ3) is 3.87. The molecule has 0 radical (unpaired) electrons. The van der Waals surface area contributed by atoms with E-state index in [-0.39, 0.29) is 0 Å². The zero-order valence-electron chi connectivity index (χ0n) is 17.4. The summed E-state index contributed by atoms with van der Waals surface area (Å²) in [6.07, 6.45) is 12.0. The fourth-order valence-electron chi connectivity index (χ4n) is 4.42. The number of aromatic amines is 2. The van der Waals surface area contributed by atoms with Gasteiger partial charge in [-0.2, -0.15) is 15.2 Å². The van der Waals surface area contributed by atoms with Crippen molar-refractivity contribution in [3.05, 3.63) is 36.2 Å². The highest BCUT2D eigenvalue weighted by Crippen LogP contribution is 2.39. The van der Waals surface area contributed by atoms with Gasteiger partial charge in [-0.1, -0.05) is 25.7 Å². The summed E-state index contributed by atoms with van der Waals surface area (Å²) in [7, 11) is 0. The van der Waals surface area contributed by atoms with E-state index >= 15 is 0 Å². The van der Waals surface area contributed by atoms with Gasteiger partial charge in [0.1, 0.15) is 11.2 Å². The first-order chi connectivity index (χ1) is 15.3. The largest absolute Gasteiger partial charge is 0.365 e. The van der Waals surface area contributed by atoms with Crippen LogP contribution in [0.15, 0.2) is 30.5 Å². The third-order valence-electron chi connectivity index (χ3n) is 6.30. The predicted octanol–water partition coefficient (Wildman–Crippen LogP) is 4.60. The summed E-state index contributed by atoms with van der Waals surface area (Å²) >= 11 is 0. The van der Waals surface area contributed by atoms with Crippen molar-refractivity contribution in [1.82, 2.24) is 35.0 Å². The fraction of sp³-hybridized carbons (Fsp3) is 0.455. The van der Waals surface area contributed by atoms with Crippen LogP contribution in [0.3, 0.4) is 0 Å². The van der Waals surface area contributed by atoms with Crippen LogP contribution in [0.4, 0.5) is 17.6 Å². The van der Waals surface area contributed by atoms with Crippen molar-refractivity contribution >= 4 is 23.1 Å². The molecule has 0 amide bonds. The molecule has 2 aliphatic rings. The molecule has 9 nitrogen and oxygen atoms in total. The Morgan fingerprint density at radius 3 is 2.68 bits per heavy atom. The molecule has 4 aromatic heterocycles. The van der Waals surface area contributed by atoms with Gasteiger partial charge in [-0.3, -0.25) is 10.2 Å². The van der Waals surface area contributed by atoms with Crippen LogP contribution in [0.2, 0.25) is 0 Å². The summed E-state index contributed by atoms with van der Waals surface area (Å²) in [5, 5.41) is 26.5. The van der Waals surface area contributed by atoms with Gasteiger partial charge in [0, 0.05) is 29.9 Å². The molecule has 160 valence electrons. The van der Waals surface area contributed by atoms with E-state index in [0.717, 1.165) is 22.7 Å². The summed E-state index contributed by atoms with van der Waals surface area (Å²) in [5.41, 5.74) is 3.93. The highest BCUT2D eigenvalue weighted by Gasteiger charge is 2.26. The van der Waals surface area contributed by atoms with Gasteiger partial charge in [0.2, 0.25) is 5.95 Å². The number of H-pyrrole nitrogens is 2. The summed E-state index contributed by atoms with van der Waals surface area (Å²) < 4.78 is 1.86. The average Bonchev–Trinajstić information content (AvgIpc) is 3.16. The van der Waals surface area contributed by atoms with Crippen molar-refractivity contribution in [1.29, 1.82) is 0 Å². The predicted molar refractivity (Wildman–Crippen MR) is 120 cm³/mol.